The van der Waals surface area contributed by atoms with E-state index in [4.69, 9.17) is 4.84 Å². The van der Waals surface area contributed by atoms with Crippen molar-refractivity contribution in [1.82, 2.24) is 5.48 Å². The number of nitrogens with one attached hydrogen (secondary N) is 1. The van der Waals surface area contributed by atoms with Crippen LogP contribution in [0.5, 0.6) is 5.75 Å². The van der Waals surface area contributed by atoms with Crippen LogP contribution in [0.1, 0.15) is 13.3 Å². The van der Waals surface area contributed by atoms with E-state index in [1.807, 2.05) is 5.48 Å². The second kappa shape index (κ2) is 6.12. The summed E-state index contributed by atoms with van der Waals surface area (Å²) < 4.78 is 32.6. The van der Waals surface area contributed by atoms with Gasteiger partial charge in [0, 0.05) is 5.39 Å². The van der Waals surface area contributed by atoms with Crippen LogP contribution in [0.25, 0.3) is 10.8 Å². The lowest BCUT2D eigenvalue weighted by Crippen LogP contribution is -2.29. The summed E-state index contributed by atoms with van der Waals surface area (Å²) in [5, 5.41) is 0.834. The Morgan fingerprint density at radius 2 is 1.86 bits per heavy atom. The van der Waals surface area contributed by atoms with Crippen molar-refractivity contribution in [1.29, 1.82) is 0 Å². The molecular formula is C14H13NO6S. The van der Waals surface area contributed by atoms with Gasteiger partial charge in [-0.25, -0.2) is 0 Å². The fourth-order valence-electron chi connectivity index (χ4n) is 1.94. The van der Waals surface area contributed by atoms with Crippen LogP contribution < -0.4 is 10.3 Å². The highest BCUT2D eigenvalue weighted by Gasteiger charge is 2.21. The van der Waals surface area contributed by atoms with Crippen LogP contribution in [0.2, 0.25) is 0 Å². The van der Waals surface area contributed by atoms with Crippen LogP contribution in [0.4, 0.5) is 0 Å². The van der Waals surface area contributed by atoms with Crippen molar-refractivity contribution >= 4 is 32.6 Å². The Hall–Kier alpha value is -2.45. The molecule has 0 fully saturated rings. The summed E-state index contributed by atoms with van der Waals surface area (Å²) in [6.45, 7) is 1.24. The third-order valence-electron chi connectivity index (χ3n) is 2.79. The molecule has 0 saturated carbocycles. The van der Waals surface area contributed by atoms with Gasteiger partial charge in [-0.2, -0.15) is 13.9 Å². The molecule has 2 aromatic rings. The van der Waals surface area contributed by atoms with E-state index in [2.05, 4.69) is 0 Å². The minimum atomic E-state index is -4.57. The van der Waals surface area contributed by atoms with Crippen molar-refractivity contribution in [2.75, 3.05) is 0 Å². The molecule has 0 aliphatic carbocycles. The molecule has 8 heteroatoms. The van der Waals surface area contributed by atoms with E-state index in [-0.39, 0.29) is 16.9 Å². The van der Waals surface area contributed by atoms with Crippen LogP contribution in [-0.2, 0) is 19.7 Å². The van der Waals surface area contributed by atoms with Gasteiger partial charge in [0.25, 0.3) is 16.0 Å². The first-order chi connectivity index (χ1) is 10.3. The van der Waals surface area contributed by atoms with Gasteiger partial charge in [0.05, 0.1) is 6.42 Å². The van der Waals surface area contributed by atoms with E-state index in [1.165, 1.54) is 19.1 Å². The van der Waals surface area contributed by atoms with Crippen molar-refractivity contribution < 1.29 is 27.4 Å². The zero-order valence-corrected chi connectivity index (χ0v) is 12.4. The predicted octanol–water partition coefficient (Wildman–Crippen LogP) is 1.48. The SMILES string of the molecule is CC(=O)CC(=O)NOc1ccc2ccccc2c1S(=O)(=O)O. The number of Topliss-reactive ketones (excluding diaryl/α,β-unsaturated/α-hetero) is 1. The third-order valence-corrected chi connectivity index (χ3v) is 3.72. The quantitative estimate of drug-likeness (QED) is 0.490. The summed E-state index contributed by atoms with van der Waals surface area (Å²) in [6, 6.07) is 9.38. The number of carbonyl (C=O) groups is 2. The molecule has 116 valence electrons. The molecular weight excluding hydrogens is 310 g/mol. The lowest BCUT2D eigenvalue weighted by molar-refractivity contribution is -0.132. The summed E-state index contributed by atoms with van der Waals surface area (Å²) in [6.07, 6.45) is -0.394. The maximum atomic E-state index is 11.6. The minimum Gasteiger partial charge on any atom is -0.378 e. The second-order valence-corrected chi connectivity index (χ2v) is 5.95. The van der Waals surface area contributed by atoms with Crippen molar-refractivity contribution in [3.63, 3.8) is 0 Å². The number of carbonyl (C=O) groups excluding carboxylic acids is 2. The standard InChI is InChI=1S/C14H13NO6S/c1-9(16)8-13(17)15-21-12-7-6-10-4-2-3-5-11(10)14(12)22(18,19)20/h2-7H,8H2,1H3,(H,15,17)(H,18,19,20). The number of fused-ring (bicyclic) bond motifs is 1. The molecule has 0 atom stereocenters. The fraction of sp³-hybridized carbons (Fsp3) is 0.143. The molecule has 0 heterocycles. The summed E-state index contributed by atoms with van der Waals surface area (Å²) in [4.78, 5) is 26.7. The lowest BCUT2D eigenvalue weighted by Gasteiger charge is -2.11. The van der Waals surface area contributed by atoms with Gasteiger partial charge in [0.2, 0.25) is 0 Å². The first-order valence-corrected chi connectivity index (χ1v) is 7.67. The number of hydrogen-bond donors (Lipinski definition) is 2. The van der Waals surface area contributed by atoms with Gasteiger partial charge in [0.1, 0.15) is 10.7 Å². The molecule has 0 aromatic heterocycles. The Balaban J connectivity index is 2.42. The Bertz CT molecular complexity index is 844. The van der Waals surface area contributed by atoms with Crippen molar-refractivity contribution in [2.24, 2.45) is 0 Å². The van der Waals surface area contributed by atoms with Crippen molar-refractivity contribution in [2.45, 2.75) is 18.2 Å². The molecule has 1 amide bonds. The first kappa shape index (κ1) is 15.9. The zero-order valence-electron chi connectivity index (χ0n) is 11.6. The average molecular weight is 323 g/mol. The summed E-state index contributed by atoms with van der Waals surface area (Å²) in [7, 11) is -4.57. The monoisotopic (exact) mass is 323 g/mol. The van der Waals surface area contributed by atoms with E-state index >= 15 is 0 Å². The molecule has 0 aliphatic heterocycles. The van der Waals surface area contributed by atoms with Crippen molar-refractivity contribution in [3.8, 4) is 5.75 Å². The first-order valence-electron chi connectivity index (χ1n) is 6.23. The van der Waals surface area contributed by atoms with Gasteiger partial charge in [0.15, 0.2) is 5.75 Å². The molecule has 0 spiro atoms. The normalized spacial score (nSPS) is 11.2. The maximum absolute atomic E-state index is 11.6. The largest absolute Gasteiger partial charge is 0.378 e. The van der Waals surface area contributed by atoms with Crippen LogP contribution >= 0.6 is 0 Å². The number of benzene rings is 2. The average Bonchev–Trinajstić information content (AvgIpc) is 2.42. The van der Waals surface area contributed by atoms with Gasteiger partial charge >= 0.3 is 0 Å². The number of amides is 1. The molecule has 0 bridgehead atoms. The molecule has 0 saturated heterocycles. The molecule has 2 aromatic carbocycles. The van der Waals surface area contributed by atoms with E-state index in [0.29, 0.717) is 5.39 Å². The highest BCUT2D eigenvalue weighted by Crippen LogP contribution is 2.31. The molecule has 22 heavy (non-hydrogen) atoms. The van der Waals surface area contributed by atoms with E-state index in [0.717, 1.165) is 0 Å². The summed E-state index contributed by atoms with van der Waals surface area (Å²) in [5.74, 6) is -1.32. The Morgan fingerprint density at radius 3 is 2.50 bits per heavy atom. The molecule has 2 N–H and O–H groups in total. The second-order valence-electron chi connectivity index (χ2n) is 4.60. The highest BCUT2D eigenvalue weighted by molar-refractivity contribution is 7.86. The van der Waals surface area contributed by atoms with Crippen molar-refractivity contribution in [3.05, 3.63) is 36.4 Å². The molecule has 0 unspecified atom stereocenters. The number of rotatable bonds is 5. The van der Waals surface area contributed by atoms with E-state index in [1.54, 1.807) is 24.3 Å². The predicted molar refractivity (Wildman–Crippen MR) is 77.8 cm³/mol. The zero-order chi connectivity index (χ0) is 16.3. The molecule has 0 radical (unpaired) electrons. The number of hydrogen-bond acceptors (Lipinski definition) is 5. The Kier molecular flexibility index (Phi) is 4.43. The minimum absolute atomic E-state index is 0.238. The van der Waals surface area contributed by atoms with Gasteiger partial charge in [-0.3, -0.25) is 14.1 Å². The smallest absolute Gasteiger partial charge is 0.298 e. The number of ketones is 1. The topological polar surface area (TPSA) is 110 Å². The van der Waals surface area contributed by atoms with E-state index < -0.39 is 27.3 Å². The van der Waals surface area contributed by atoms with Crippen LogP contribution in [-0.4, -0.2) is 24.7 Å². The van der Waals surface area contributed by atoms with E-state index in [9.17, 15) is 22.6 Å². The fourth-order valence-corrected chi connectivity index (χ4v) is 2.77. The van der Waals surface area contributed by atoms with Crippen LogP contribution in [0.15, 0.2) is 41.3 Å². The van der Waals surface area contributed by atoms with Crippen LogP contribution in [0.3, 0.4) is 0 Å². The molecule has 7 nitrogen and oxygen atoms in total. The Morgan fingerprint density at radius 1 is 1.18 bits per heavy atom. The number of hydroxylamine groups is 1. The Labute approximate surface area is 126 Å². The summed E-state index contributed by atoms with van der Waals surface area (Å²) in [5.41, 5.74) is 1.97. The van der Waals surface area contributed by atoms with Gasteiger partial charge < -0.3 is 4.84 Å². The maximum Gasteiger partial charge on any atom is 0.298 e. The lowest BCUT2D eigenvalue weighted by atomic mass is 10.1. The van der Waals surface area contributed by atoms with Gasteiger partial charge in [-0.15, -0.1) is 0 Å². The molecule has 0 aliphatic rings. The van der Waals surface area contributed by atoms with Gasteiger partial charge in [-0.05, 0) is 18.4 Å². The van der Waals surface area contributed by atoms with Gasteiger partial charge in [-0.1, -0.05) is 30.3 Å². The third kappa shape index (κ3) is 3.60. The van der Waals surface area contributed by atoms with Crippen LogP contribution in [0, 0.1) is 0 Å². The highest BCUT2D eigenvalue weighted by atomic mass is 32.2. The molecule has 2 rings (SSSR count). The summed E-state index contributed by atoms with van der Waals surface area (Å²) >= 11 is 0.